The van der Waals surface area contributed by atoms with Crippen molar-refractivity contribution in [1.29, 1.82) is 0 Å². The summed E-state index contributed by atoms with van der Waals surface area (Å²) >= 11 is 0. The summed E-state index contributed by atoms with van der Waals surface area (Å²) in [5.41, 5.74) is 0.653. The lowest BCUT2D eigenvalue weighted by molar-refractivity contribution is -0.116. The molecule has 0 bridgehead atoms. The number of rotatable bonds is 7. The molecule has 1 fully saturated rings. The van der Waals surface area contributed by atoms with E-state index in [0.29, 0.717) is 24.3 Å². The molecular weight excluding hydrogens is 450 g/mol. The molecule has 2 aliphatic rings. The second-order valence-electron chi connectivity index (χ2n) is 7.65. The highest BCUT2D eigenvalue weighted by molar-refractivity contribution is 7.89. The fourth-order valence-corrected chi connectivity index (χ4v) is 5.20. The molecule has 2 aromatic carbocycles. The van der Waals surface area contributed by atoms with Crippen molar-refractivity contribution in [2.24, 2.45) is 0 Å². The standard InChI is InChI=1S/C22H23N3O7S/c26-19-8-7-15(33(30,31)24-10-12-32-13-11-24)14-18(19)23-20(27)6-3-9-25-21(28)16-4-1-2-5-17(16)22(25)29/h1-2,4-5,7-8,14,26H,3,6,9-13H2,(H,23,27). The number of phenols is 1. The molecule has 0 unspecified atom stereocenters. The van der Waals surface area contributed by atoms with Gasteiger partial charge in [0.2, 0.25) is 15.9 Å². The van der Waals surface area contributed by atoms with Gasteiger partial charge in [-0.3, -0.25) is 19.3 Å². The van der Waals surface area contributed by atoms with Crippen LogP contribution in [0.1, 0.15) is 33.6 Å². The molecule has 11 heteroatoms. The van der Waals surface area contributed by atoms with Gasteiger partial charge in [0.25, 0.3) is 11.8 Å². The van der Waals surface area contributed by atoms with E-state index < -0.39 is 27.7 Å². The summed E-state index contributed by atoms with van der Waals surface area (Å²) in [7, 11) is -3.79. The zero-order valence-corrected chi connectivity index (χ0v) is 18.5. The number of aromatic hydroxyl groups is 1. The van der Waals surface area contributed by atoms with Gasteiger partial charge in [0.1, 0.15) is 5.75 Å². The number of anilines is 1. The van der Waals surface area contributed by atoms with Crippen molar-refractivity contribution in [2.45, 2.75) is 17.7 Å². The Morgan fingerprint density at radius 2 is 1.67 bits per heavy atom. The molecule has 33 heavy (non-hydrogen) atoms. The topological polar surface area (TPSA) is 133 Å². The SMILES string of the molecule is O=C(CCCN1C(=O)c2ccccc2C1=O)Nc1cc(S(=O)(=O)N2CCOCC2)ccc1O. The van der Waals surface area contributed by atoms with Crippen LogP contribution in [0.5, 0.6) is 5.75 Å². The average Bonchev–Trinajstić information content (AvgIpc) is 3.06. The van der Waals surface area contributed by atoms with E-state index in [1.54, 1.807) is 24.3 Å². The smallest absolute Gasteiger partial charge is 0.261 e. The molecule has 0 saturated carbocycles. The minimum atomic E-state index is -3.79. The lowest BCUT2D eigenvalue weighted by atomic mass is 10.1. The predicted molar refractivity (Wildman–Crippen MR) is 117 cm³/mol. The molecule has 0 aromatic heterocycles. The summed E-state index contributed by atoms with van der Waals surface area (Å²) in [6.07, 6.45) is 0.178. The number of nitrogens with zero attached hydrogens (tertiary/aromatic N) is 2. The number of phenolic OH excluding ortho intramolecular Hbond substituents is 1. The minimum absolute atomic E-state index is 0.0323. The van der Waals surface area contributed by atoms with Crippen LogP contribution in [0.3, 0.4) is 0 Å². The zero-order valence-electron chi connectivity index (χ0n) is 17.7. The fourth-order valence-electron chi connectivity index (χ4n) is 3.76. The summed E-state index contributed by atoms with van der Waals surface area (Å²) in [5, 5.41) is 12.6. The van der Waals surface area contributed by atoms with Crippen LogP contribution < -0.4 is 5.32 Å². The number of morpholine rings is 1. The third-order valence-electron chi connectivity index (χ3n) is 5.51. The van der Waals surface area contributed by atoms with E-state index >= 15 is 0 Å². The van der Waals surface area contributed by atoms with Crippen molar-refractivity contribution in [3.63, 3.8) is 0 Å². The Morgan fingerprint density at radius 1 is 1.03 bits per heavy atom. The van der Waals surface area contributed by atoms with E-state index in [4.69, 9.17) is 4.74 Å². The highest BCUT2D eigenvalue weighted by Crippen LogP contribution is 2.29. The Kier molecular flexibility index (Phi) is 6.45. The van der Waals surface area contributed by atoms with Crippen LogP contribution in [0.4, 0.5) is 5.69 Å². The van der Waals surface area contributed by atoms with E-state index in [2.05, 4.69) is 5.32 Å². The Labute approximate surface area is 190 Å². The van der Waals surface area contributed by atoms with Crippen molar-refractivity contribution < 1.29 is 32.6 Å². The lowest BCUT2D eigenvalue weighted by Crippen LogP contribution is -2.40. The van der Waals surface area contributed by atoms with Crippen molar-refractivity contribution >= 4 is 33.4 Å². The molecule has 0 aliphatic carbocycles. The number of imide groups is 1. The first-order chi connectivity index (χ1) is 15.8. The van der Waals surface area contributed by atoms with Crippen molar-refractivity contribution in [2.75, 3.05) is 38.2 Å². The van der Waals surface area contributed by atoms with Crippen molar-refractivity contribution in [3.05, 3.63) is 53.6 Å². The number of benzene rings is 2. The number of carbonyl (C=O) groups is 3. The maximum Gasteiger partial charge on any atom is 0.261 e. The highest BCUT2D eigenvalue weighted by atomic mass is 32.2. The molecule has 2 aliphatic heterocycles. The van der Waals surface area contributed by atoms with Crippen molar-refractivity contribution in [1.82, 2.24) is 9.21 Å². The number of nitrogens with one attached hydrogen (secondary N) is 1. The monoisotopic (exact) mass is 473 g/mol. The Morgan fingerprint density at radius 3 is 2.30 bits per heavy atom. The summed E-state index contributed by atoms with van der Waals surface area (Å²) in [6.45, 7) is 1.12. The van der Waals surface area contributed by atoms with Gasteiger partial charge in [0.05, 0.1) is 34.9 Å². The van der Waals surface area contributed by atoms with E-state index in [0.717, 1.165) is 4.90 Å². The second kappa shape index (κ2) is 9.30. The molecule has 2 N–H and O–H groups in total. The van der Waals surface area contributed by atoms with Gasteiger partial charge in [-0.15, -0.1) is 0 Å². The van der Waals surface area contributed by atoms with E-state index in [1.165, 1.54) is 22.5 Å². The van der Waals surface area contributed by atoms with Gasteiger partial charge >= 0.3 is 0 Å². The van der Waals surface area contributed by atoms with Gasteiger partial charge in [-0.25, -0.2) is 8.42 Å². The molecule has 2 heterocycles. The maximum absolute atomic E-state index is 12.8. The van der Waals surface area contributed by atoms with Crippen molar-refractivity contribution in [3.8, 4) is 5.75 Å². The molecule has 0 radical (unpaired) electrons. The van der Waals surface area contributed by atoms with E-state index in [1.807, 2.05) is 0 Å². The number of amides is 3. The van der Waals surface area contributed by atoms with Crippen LogP contribution in [-0.4, -0.2) is 73.3 Å². The molecule has 10 nitrogen and oxygen atoms in total. The van der Waals surface area contributed by atoms with E-state index in [9.17, 15) is 27.9 Å². The predicted octanol–water partition coefficient (Wildman–Crippen LogP) is 1.43. The van der Waals surface area contributed by atoms with Gasteiger partial charge in [-0.1, -0.05) is 12.1 Å². The molecule has 3 amide bonds. The van der Waals surface area contributed by atoms with Crippen LogP contribution in [0.15, 0.2) is 47.4 Å². The normalized spacial score (nSPS) is 16.7. The van der Waals surface area contributed by atoms with Crippen LogP contribution in [0.2, 0.25) is 0 Å². The summed E-state index contributed by atoms with van der Waals surface area (Å²) in [5.74, 6) is -1.54. The van der Waals surface area contributed by atoms with Crippen LogP contribution >= 0.6 is 0 Å². The molecule has 174 valence electrons. The number of hydrogen-bond donors (Lipinski definition) is 2. The lowest BCUT2D eigenvalue weighted by Gasteiger charge is -2.26. The van der Waals surface area contributed by atoms with Crippen LogP contribution in [0.25, 0.3) is 0 Å². The van der Waals surface area contributed by atoms with Gasteiger partial charge in [-0.05, 0) is 36.8 Å². The molecule has 1 saturated heterocycles. The number of sulfonamides is 1. The van der Waals surface area contributed by atoms with Crippen LogP contribution in [-0.2, 0) is 19.6 Å². The largest absolute Gasteiger partial charge is 0.506 e. The summed E-state index contributed by atoms with van der Waals surface area (Å²) < 4.78 is 32.1. The highest BCUT2D eigenvalue weighted by Gasteiger charge is 2.34. The molecular formula is C22H23N3O7S. The fraction of sp³-hybridized carbons (Fsp3) is 0.318. The number of ether oxygens (including phenoxy) is 1. The molecule has 0 atom stereocenters. The number of carbonyl (C=O) groups excluding carboxylic acids is 3. The van der Waals surface area contributed by atoms with E-state index in [-0.39, 0.29) is 48.8 Å². The third kappa shape index (κ3) is 4.61. The number of fused-ring (bicyclic) bond motifs is 1. The first kappa shape index (κ1) is 22.9. The first-order valence-corrected chi connectivity index (χ1v) is 11.9. The quantitative estimate of drug-likeness (QED) is 0.459. The van der Waals surface area contributed by atoms with Gasteiger partial charge < -0.3 is 15.2 Å². The average molecular weight is 474 g/mol. The van der Waals surface area contributed by atoms with Gasteiger partial charge in [0, 0.05) is 26.1 Å². The van der Waals surface area contributed by atoms with Crippen LogP contribution in [0, 0.1) is 0 Å². The summed E-state index contributed by atoms with van der Waals surface area (Å²) in [4.78, 5) is 38.2. The number of hydrogen-bond acceptors (Lipinski definition) is 7. The summed E-state index contributed by atoms with van der Waals surface area (Å²) in [6, 6.07) is 10.2. The maximum atomic E-state index is 12.8. The Bertz CT molecular complexity index is 1170. The molecule has 4 rings (SSSR count). The zero-order chi connectivity index (χ0) is 23.6. The van der Waals surface area contributed by atoms with Gasteiger partial charge in [0.15, 0.2) is 0 Å². The Balaban J connectivity index is 1.37. The van der Waals surface area contributed by atoms with Gasteiger partial charge in [-0.2, -0.15) is 4.31 Å². The second-order valence-corrected chi connectivity index (χ2v) is 9.59. The molecule has 0 spiro atoms. The first-order valence-electron chi connectivity index (χ1n) is 10.4. The molecule has 2 aromatic rings. The third-order valence-corrected chi connectivity index (χ3v) is 7.41. The Hall–Kier alpha value is -3.28. The minimum Gasteiger partial charge on any atom is -0.506 e.